The van der Waals surface area contributed by atoms with Crippen molar-refractivity contribution in [2.45, 2.75) is 44.4 Å². The van der Waals surface area contributed by atoms with Crippen LogP contribution in [0, 0.1) is 6.92 Å². The number of hydrogen-bond donors (Lipinski definition) is 0. The van der Waals surface area contributed by atoms with Crippen molar-refractivity contribution in [3.8, 4) is 0 Å². The minimum Gasteiger partial charge on any atom is -0.143 e. The van der Waals surface area contributed by atoms with Crippen molar-refractivity contribution in [3.05, 3.63) is 20.3 Å². The van der Waals surface area contributed by atoms with Crippen molar-refractivity contribution < 1.29 is 0 Å². The van der Waals surface area contributed by atoms with Crippen molar-refractivity contribution in [3.63, 3.8) is 0 Å². The van der Waals surface area contributed by atoms with Gasteiger partial charge in [0.15, 0.2) is 0 Å². The zero-order valence-corrected chi connectivity index (χ0v) is 12.6. The van der Waals surface area contributed by atoms with Crippen LogP contribution in [0.1, 0.15) is 47.2 Å². The van der Waals surface area contributed by atoms with E-state index < -0.39 is 0 Å². The molecule has 0 fully saturated rings. The summed E-state index contributed by atoms with van der Waals surface area (Å²) in [6.07, 6.45) is 5.19. The molecule has 1 rings (SSSR count). The van der Waals surface area contributed by atoms with E-state index in [2.05, 4.69) is 51.8 Å². The van der Waals surface area contributed by atoms with Crippen LogP contribution in [0.4, 0.5) is 0 Å². The third-order valence-electron chi connectivity index (χ3n) is 2.18. The molecule has 1 heterocycles. The lowest BCUT2D eigenvalue weighted by Crippen LogP contribution is -1.87. The summed E-state index contributed by atoms with van der Waals surface area (Å²) >= 11 is 9.25. The summed E-state index contributed by atoms with van der Waals surface area (Å²) in [5, 5.41) is 0. The Bertz CT molecular complexity index is 281. The molecule has 1 aromatic heterocycles. The van der Waals surface area contributed by atoms with E-state index in [1.165, 1.54) is 39.9 Å². The first-order valence-electron chi connectivity index (χ1n) is 5.05. The molecule has 0 amide bonds. The Morgan fingerprint density at radius 2 is 2.14 bits per heavy atom. The molecule has 0 bridgehead atoms. The fourth-order valence-corrected chi connectivity index (χ4v) is 4.52. The summed E-state index contributed by atoms with van der Waals surface area (Å²) < 4.78 is 1.26. The molecule has 80 valence electrons. The zero-order chi connectivity index (χ0) is 10.6. The van der Waals surface area contributed by atoms with E-state index in [0.717, 1.165) is 0 Å². The summed E-state index contributed by atoms with van der Waals surface area (Å²) in [7, 11) is 0. The molecule has 0 aliphatic heterocycles. The van der Waals surface area contributed by atoms with Crippen LogP contribution in [0.5, 0.6) is 0 Å². The van der Waals surface area contributed by atoms with E-state index in [9.17, 15) is 0 Å². The Labute approximate surface area is 107 Å². The average molecular weight is 340 g/mol. The van der Waals surface area contributed by atoms with Gasteiger partial charge in [0, 0.05) is 14.2 Å². The molecule has 0 aliphatic carbocycles. The molecule has 0 N–H and O–H groups in total. The second kappa shape index (κ2) is 6.29. The molecule has 3 heteroatoms. The first kappa shape index (κ1) is 12.7. The number of aryl methyl sites for hydroxylation is 1. The smallest absolute Gasteiger partial charge is 0.0500 e. The number of alkyl halides is 1. The normalized spacial score (nSPS) is 13.1. The fraction of sp³-hybridized carbons (Fsp3) is 0.636. The second-order valence-corrected chi connectivity index (χ2v) is 6.78. The summed E-state index contributed by atoms with van der Waals surface area (Å²) in [5.74, 6) is 0. The third kappa shape index (κ3) is 3.67. The summed E-state index contributed by atoms with van der Waals surface area (Å²) in [6.45, 7) is 4.40. The van der Waals surface area contributed by atoms with E-state index in [4.69, 9.17) is 0 Å². The van der Waals surface area contributed by atoms with Gasteiger partial charge < -0.3 is 0 Å². The maximum absolute atomic E-state index is 3.76. The second-order valence-electron chi connectivity index (χ2n) is 3.53. The minimum absolute atomic E-state index is 0.530. The number of unbranched alkanes of at least 4 members (excludes halogenated alkanes) is 2. The Morgan fingerprint density at radius 3 is 2.64 bits per heavy atom. The molecule has 0 radical (unpaired) electrons. The van der Waals surface area contributed by atoms with Gasteiger partial charge >= 0.3 is 0 Å². The van der Waals surface area contributed by atoms with Gasteiger partial charge in [-0.25, -0.2) is 0 Å². The van der Waals surface area contributed by atoms with Crippen LogP contribution in [0.15, 0.2) is 10.5 Å². The van der Waals surface area contributed by atoms with Crippen molar-refractivity contribution in [1.29, 1.82) is 0 Å². The van der Waals surface area contributed by atoms with E-state index in [-0.39, 0.29) is 0 Å². The first-order chi connectivity index (χ1) is 6.65. The zero-order valence-electron chi connectivity index (χ0n) is 8.65. The largest absolute Gasteiger partial charge is 0.143 e. The van der Waals surface area contributed by atoms with Gasteiger partial charge in [-0.2, -0.15) is 0 Å². The molecule has 0 aliphatic rings. The first-order valence-corrected chi connectivity index (χ1v) is 7.57. The number of hydrogen-bond acceptors (Lipinski definition) is 1. The van der Waals surface area contributed by atoms with Crippen LogP contribution in [0.25, 0.3) is 0 Å². The van der Waals surface area contributed by atoms with Crippen LogP contribution in [-0.2, 0) is 0 Å². The van der Waals surface area contributed by atoms with E-state index in [1.54, 1.807) is 0 Å². The predicted molar refractivity (Wildman–Crippen MR) is 72.6 cm³/mol. The van der Waals surface area contributed by atoms with Crippen molar-refractivity contribution in [2.75, 3.05) is 0 Å². The predicted octanol–water partition coefficient (Wildman–Crippen LogP) is 5.84. The molecule has 0 aromatic carbocycles. The van der Waals surface area contributed by atoms with Gasteiger partial charge in [0.1, 0.15) is 0 Å². The van der Waals surface area contributed by atoms with Gasteiger partial charge in [-0.3, -0.25) is 0 Å². The highest BCUT2D eigenvalue weighted by Gasteiger charge is 2.13. The maximum Gasteiger partial charge on any atom is 0.0500 e. The van der Waals surface area contributed by atoms with Gasteiger partial charge in [0.25, 0.3) is 0 Å². The van der Waals surface area contributed by atoms with Gasteiger partial charge in [0.2, 0.25) is 0 Å². The monoisotopic (exact) mass is 338 g/mol. The van der Waals surface area contributed by atoms with Crippen molar-refractivity contribution in [1.82, 2.24) is 0 Å². The number of thiophene rings is 1. The summed E-state index contributed by atoms with van der Waals surface area (Å²) in [5.41, 5.74) is 0. The Kier molecular flexibility index (Phi) is 5.72. The highest BCUT2D eigenvalue weighted by Crippen LogP contribution is 2.39. The quantitative estimate of drug-likeness (QED) is 0.467. The van der Waals surface area contributed by atoms with E-state index >= 15 is 0 Å². The third-order valence-corrected chi connectivity index (χ3v) is 5.48. The lowest BCUT2D eigenvalue weighted by atomic mass is 10.1. The number of halogens is 2. The number of rotatable bonds is 5. The van der Waals surface area contributed by atoms with E-state index in [1.807, 2.05) is 11.3 Å². The van der Waals surface area contributed by atoms with E-state index in [0.29, 0.717) is 4.83 Å². The lowest BCUT2D eigenvalue weighted by Gasteiger charge is -2.07. The van der Waals surface area contributed by atoms with Crippen molar-refractivity contribution in [2.24, 2.45) is 0 Å². The minimum atomic E-state index is 0.530. The van der Waals surface area contributed by atoms with Crippen LogP contribution < -0.4 is 0 Å². The Balaban J connectivity index is 2.51. The molecule has 0 spiro atoms. The highest BCUT2D eigenvalue weighted by atomic mass is 79.9. The lowest BCUT2D eigenvalue weighted by molar-refractivity contribution is 0.666. The van der Waals surface area contributed by atoms with Crippen LogP contribution >= 0.6 is 43.2 Å². The fourth-order valence-electron chi connectivity index (χ4n) is 1.42. The molecule has 0 nitrogen and oxygen atoms in total. The van der Waals surface area contributed by atoms with Gasteiger partial charge in [-0.05, 0) is 35.3 Å². The summed E-state index contributed by atoms with van der Waals surface area (Å²) in [4.78, 5) is 3.35. The summed E-state index contributed by atoms with van der Waals surface area (Å²) in [6, 6.07) is 2.20. The maximum atomic E-state index is 3.76. The Morgan fingerprint density at radius 1 is 1.43 bits per heavy atom. The van der Waals surface area contributed by atoms with Crippen LogP contribution in [-0.4, -0.2) is 0 Å². The van der Waals surface area contributed by atoms with Crippen LogP contribution in [0.3, 0.4) is 0 Å². The topological polar surface area (TPSA) is 0 Å². The standard InChI is InChI=1S/C11H16Br2S/c1-3-4-5-6-9(12)11-10(13)7-8(2)14-11/h7,9H,3-6H2,1-2H3. The van der Waals surface area contributed by atoms with Crippen LogP contribution in [0.2, 0.25) is 0 Å². The molecular formula is C11H16Br2S. The molecular weight excluding hydrogens is 324 g/mol. The Hall–Kier alpha value is 0.660. The highest BCUT2D eigenvalue weighted by molar-refractivity contribution is 9.11. The molecule has 14 heavy (non-hydrogen) atoms. The van der Waals surface area contributed by atoms with Gasteiger partial charge in [0.05, 0.1) is 4.83 Å². The van der Waals surface area contributed by atoms with Gasteiger partial charge in [-0.15, -0.1) is 11.3 Å². The SMILES string of the molecule is CCCCCC(Br)c1sc(C)cc1Br. The molecule has 1 unspecified atom stereocenters. The molecule has 1 atom stereocenters. The van der Waals surface area contributed by atoms with Crippen molar-refractivity contribution >= 4 is 43.2 Å². The molecule has 0 saturated carbocycles. The molecule has 0 saturated heterocycles. The average Bonchev–Trinajstić information content (AvgIpc) is 2.45. The van der Waals surface area contributed by atoms with Gasteiger partial charge in [-0.1, -0.05) is 42.1 Å². The molecule has 1 aromatic rings.